The van der Waals surface area contributed by atoms with Crippen molar-refractivity contribution in [2.75, 3.05) is 50.9 Å². The van der Waals surface area contributed by atoms with Gasteiger partial charge in [0.15, 0.2) is 12.1 Å². The molecular weight excluding hydrogens is 560 g/mol. The van der Waals surface area contributed by atoms with E-state index in [1.807, 2.05) is 49.5 Å². The first-order valence-corrected chi connectivity index (χ1v) is 16.0. The maximum atomic E-state index is 12.6. The van der Waals surface area contributed by atoms with Gasteiger partial charge in [0.2, 0.25) is 0 Å². The van der Waals surface area contributed by atoms with Crippen molar-refractivity contribution in [1.29, 1.82) is 0 Å². The molecule has 3 aliphatic rings. The van der Waals surface area contributed by atoms with E-state index in [4.69, 9.17) is 34.0 Å². The van der Waals surface area contributed by atoms with Gasteiger partial charge in [0.1, 0.15) is 17.2 Å². The van der Waals surface area contributed by atoms with Crippen LogP contribution in [0.1, 0.15) is 75.7 Å². The normalized spacial score (nSPS) is 22.0. The molecule has 11 heteroatoms. The van der Waals surface area contributed by atoms with Crippen LogP contribution in [0, 0.1) is 13.8 Å². The van der Waals surface area contributed by atoms with Crippen molar-refractivity contribution < 1.29 is 23.7 Å². The minimum Gasteiger partial charge on any atom is -0.444 e. The highest BCUT2D eigenvalue weighted by Gasteiger charge is 2.29. The largest absolute Gasteiger partial charge is 0.444 e. The van der Waals surface area contributed by atoms with Crippen molar-refractivity contribution in [3.63, 3.8) is 0 Å². The molecule has 0 aliphatic carbocycles. The van der Waals surface area contributed by atoms with Crippen LogP contribution in [0.5, 0.6) is 0 Å². The van der Waals surface area contributed by atoms with Gasteiger partial charge in [0, 0.05) is 44.2 Å². The van der Waals surface area contributed by atoms with Crippen molar-refractivity contribution in [1.82, 2.24) is 24.6 Å². The molecule has 6 rings (SSSR count). The predicted octanol–water partition coefficient (Wildman–Crippen LogP) is 5.30. The topological polar surface area (TPSA) is 104 Å². The van der Waals surface area contributed by atoms with Crippen LogP contribution in [-0.4, -0.2) is 94.7 Å². The van der Waals surface area contributed by atoms with Gasteiger partial charge < -0.3 is 28.7 Å². The number of piperidine rings is 1. The van der Waals surface area contributed by atoms with Crippen molar-refractivity contribution in [2.24, 2.45) is 0 Å². The maximum absolute atomic E-state index is 12.6. The van der Waals surface area contributed by atoms with Crippen LogP contribution in [0.15, 0.2) is 24.4 Å². The number of hydrogen-bond acceptors (Lipinski definition) is 9. The zero-order valence-electron chi connectivity index (χ0n) is 26.8. The highest BCUT2D eigenvalue weighted by Crippen LogP contribution is 2.34. The Morgan fingerprint density at radius 1 is 0.977 bits per heavy atom. The van der Waals surface area contributed by atoms with Gasteiger partial charge in [-0.3, -0.25) is 0 Å². The van der Waals surface area contributed by atoms with Crippen molar-refractivity contribution in [2.45, 2.75) is 90.6 Å². The van der Waals surface area contributed by atoms with E-state index in [-0.39, 0.29) is 18.5 Å². The molecule has 3 fully saturated rings. The first-order valence-electron chi connectivity index (χ1n) is 16.0. The Hall–Kier alpha value is -3.28. The average Bonchev–Trinajstić information content (AvgIpc) is 3.42. The van der Waals surface area contributed by atoms with E-state index in [0.717, 1.165) is 67.8 Å². The molecule has 2 aromatic heterocycles. The highest BCUT2D eigenvalue weighted by molar-refractivity contribution is 5.82. The molecule has 0 bridgehead atoms. The third kappa shape index (κ3) is 7.16. The van der Waals surface area contributed by atoms with Gasteiger partial charge in [-0.25, -0.2) is 19.4 Å². The van der Waals surface area contributed by atoms with Crippen LogP contribution < -0.4 is 4.90 Å². The summed E-state index contributed by atoms with van der Waals surface area (Å²) in [6, 6.07) is 6.50. The molecule has 5 heterocycles. The Morgan fingerprint density at radius 3 is 2.52 bits per heavy atom. The number of aryl methyl sites for hydroxylation is 2. The van der Waals surface area contributed by atoms with E-state index in [1.54, 1.807) is 0 Å². The van der Waals surface area contributed by atoms with E-state index >= 15 is 0 Å². The third-order valence-electron chi connectivity index (χ3n) is 8.64. The first-order chi connectivity index (χ1) is 21.1. The number of amides is 1. The number of rotatable bonds is 6. The smallest absolute Gasteiger partial charge is 0.410 e. The minimum absolute atomic E-state index is 0.0502. The molecule has 238 valence electrons. The summed E-state index contributed by atoms with van der Waals surface area (Å²) >= 11 is 0. The Labute approximate surface area is 259 Å². The number of nitrogens with zero attached hydrogens (tertiary/aromatic N) is 6. The lowest BCUT2D eigenvalue weighted by atomic mass is 9.86. The summed E-state index contributed by atoms with van der Waals surface area (Å²) < 4.78 is 25.3. The monoisotopic (exact) mass is 606 g/mol. The van der Waals surface area contributed by atoms with E-state index in [1.165, 1.54) is 11.1 Å². The van der Waals surface area contributed by atoms with E-state index in [0.29, 0.717) is 44.6 Å². The lowest BCUT2D eigenvalue weighted by molar-refractivity contribution is -0.180. The van der Waals surface area contributed by atoms with E-state index in [9.17, 15) is 4.79 Å². The first kappa shape index (κ1) is 30.7. The van der Waals surface area contributed by atoms with Gasteiger partial charge >= 0.3 is 6.09 Å². The fraction of sp³-hybridized carbons (Fsp3) is 0.636. The number of hydrogen-bond donors (Lipinski definition) is 0. The second-order valence-electron chi connectivity index (χ2n) is 13.3. The Bertz CT molecular complexity index is 1450. The second-order valence-corrected chi connectivity index (χ2v) is 13.3. The molecular formula is C33H46N6O5. The van der Waals surface area contributed by atoms with Gasteiger partial charge in [-0.2, -0.15) is 5.10 Å². The highest BCUT2D eigenvalue weighted by atomic mass is 16.7. The number of ether oxygens (including phenoxy) is 4. The molecule has 0 spiro atoms. The van der Waals surface area contributed by atoms with Crippen LogP contribution in [0.2, 0.25) is 0 Å². The third-order valence-corrected chi connectivity index (χ3v) is 8.64. The van der Waals surface area contributed by atoms with Crippen LogP contribution in [0.25, 0.3) is 16.7 Å². The number of benzene rings is 1. The van der Waals surface area contributed by atoms with Gasteiger partial charge in [-0.15, -0.1) is 0 Å². The van der Waals surface area contributed by atoms with Crippen LogP contribution >= 0.6 is 0 Å². The fourth-order valence-electron chi connectivity index (χ4n) is 6.42. The SMILES string of the molecule is Cc1nc(N2CCO[C@H](COC3CCCCO3)C2)cc(-n2ncc3cc(C)c(C4CCN(C(=O)OC(C)(C)C)CC4)cc32)n1. The molecule has 1 unspecified atom stereocenters. The van der Waals surface area contributed by atoms with Crippen molar-refractivity contribution in [3.8, 4) is 5.82 Å². The van der Waals surface area contributed by atoms with Gasteiger partial charge in [-0.1, -0.05) is 0 Å². The molecule has 44 heavy (non-hydrogen) atoms. The van der Waals surface area contributed by atoms with Crippen LogP contribution in [-0.2, 0) is 18.9 Å². The molecule has 0 radical (unpaired) electrons. The van der Waals surface area contributed by atoms with Crippen LogP contribution in [0.4, 0.5) is 10.6 Å². The Morgan fingerprint density at radius 2 is 1.77 bits per heavy atom. The van der Waals surface area contributed by atoms with Crippen molar-refractivity contribution in [3.05, 3.63) is 41.3 Å². The molecule has 0 saturated carbocycles. The molecule has 0 N–H and O–H groups in total. The zero-order chi connectivity index (χ0) is 30.8. The second kappa shape index (κ2) is 13.0. The molecule has 11 nitrogen and oxygen atoms in total. The van der Waals surface area contributed by atoms with Gasteiger partial charge in [0.25, 0.3) is 0 Å². The summed E-state index contributed by atoms with van der Waals surface area (Å²) in [4.78, 5) is 26.3. The lowest BCUT2D eigenvalue weighted by Gasteiger charge is -2.34. The number of fused-ring (bicyclic) bond motifs is 1. The number of morpholine rings is 1. The number of carbonyl (C=O) groups is 1. The molecule has 2 atom stereocenters. The van der Waals surface area contributed by atoms with Crippen LogP contribution in [0.3, 0.4) is 0 Å². The summed E-state index contributed by atoms with van der Waals surface area (Å²) in [5.41, 5.74) is 3.07. The lowest BCUT2D eigenvalue weighted by Crippen LogP contribution is -2.45. The quantitative estimate of drug-likeness (QED) is 0.370. The molecule has 1 amide bonds. The zero-order valence-corrected chi connectivity index (χ0v) is 26.8. The number of carbonyl (C=O) groups excluding carboxylic acids is 1. The predicted molar refractivity (Wildman–Crippen MR) is 167 cm³/mol. The Kier molecular flexibility index (Phi) is 9.07. The molecule has 3 aromatic rings. The summed E-state index contributed by atoms with van der Waals surface area (Å²) in [5.74, 6) is 2.65. The number of anilines is 1. The molecule has 3 aliphatic heterocycles. The fourth-order valence-corrected chi connectivity index (χ4v) is 6.42. The molecule has 3 saturated heterocycles. The van der Waals surface area contributed by atoms with Crippen molar-refractivity contribution >= 4 is 22.8 Å². The average molecular weight is 607 g/mol. The minimum atomic E-state index is -0.491. The number of aromatic nitrogens is 4. The summed E-state index contributed by atoms with van der Waals surface area (Å²) in [5, 5.41) is 5.84. The molecule has 1 aromatic carbocycles. The number of likely N-dealkylation sites (tertiary alicyclic amines) is 1. The summed E-state index contributed by atoms with van der Waals surface area (Å²) in [6.45, 7) is 14.5. The summed E-state index contributed by atoms with van der Waals surface area (Å²) in [7, 11) is 0. The summed E-state index contributed by atoms with van der Waals surface area (Å²) in [6.07, 6.45) is 6.47. The van der Waals surface area contributed by atoms with E-state index < -0.39 is 5.60 Å². The van der Waals surface area contributed by atoms with E-state index in [2.05, 4.69) is 24.0 Å². The van der Waals surface area contributed by atoms with Gasteiger partial charge in [-0.05, 0) is 95.9 Å². The van der Waals surface area contributed by atoms with Gasteiger partial charge in [0.05, 0.1) is 31.0 Å². The standard InChI is InChI=1S/C33H46N6O5/c1-22-16-25-19-34-39(28(25)17-27(22)24-9-11-37(12-10-24)32(40)44-33(3,4)5)30-18-29(35-23(2)36-30)38-13-15-41-26(20-38)21-43-31-8-6-7-14-42-31/h16-19,24,26,31H,6-15,20-21H2,1-5H3/t26-,31?/m0/s1. The maximum Gasteiger partial charge on any atom is 0.410 e. The Balaban J connectivity index is 1.18.